The van der Waals surface area contributed by atoms with Gasteiger partial charge in [-0.3, -0.25) is 14.5 Å². The number of sulfonamides is 1. The van der Waals surface area contributed by atoms with Gasteiger partial charge >= 0.3 is 6.03 Å². The van der Waals surface area contributed by atoms with Crippen LogP contribution in [0.15, 0.2) is 45.9 Å². The fourth-order valence-corrected chi connectivity index (χ4v) is 6.41. The molecule has 0 saturated carbocycles. The lowest BCUT2D eigenvalue weighted by molar-refractivity contribution is -0.134. The highest BCUT2D eigenvalue weighted by molar-refractivity contribution is 7.89. The third-order valence-corrected chi connectivity index (χ3v) is 8.68. The number of amides is 4. The van der Waals surface area contributed by atoms with E-state index in [0.29, 0.717) is 31.7 Å². The monoisotopic (exact) mass is 486 g/mol. The van der Waals surface area contributed by atoms with Gasteiger partial charge in [0.1, 0.15) is 12.3 Å². The molecule has 0 radical (unpaired) electrons. The molecule has 5 rings (SSSR count). The maximum atomic E-state index is 13.1. The molecule has 2 saturated heterocycles. The standard InChI is InChI=1S/C23H26N4O6S/c1-23(19-6-5-13-33-19)21(29)27(22(30)24-23)15-20(28)26-12-9-16-14-17(7-8-18(16)26)34(31,32)25-10-3-2-4-11-25/h5-8,13-14H,2-4,9-12,15H2,1H3,(H,24,30)/t23-/m0/s1. The first-order chi connectivity index (χ1) is 16.2. The molecule has 0 unspecified atom stereocenters. The van der Waals surface area contributed by atoms with E-state index in [1.165, 1.54) is 28.5 Å². The maximum absolute atomic E-state index is 13.1. The van der Waals surface area contributed by atoms with Crippen LogP contribution in [0.4, 0.5) is 10.5 Å². The Morgan fingerprint density at radius 1 is 1.12 bits per heavy atom. The van der Waals surface area contributed by atoms with E-state index in [2.05, 4.69) is 5.32 Å². The molecule has 4 amide bonds. The molecule has 1 aromatic heterocycles. The minimum Gasteiger partial charge on any atom is -0.466 e. The number of benzene rings is 1. The van der Waals surface area contributed by atoms with Gasteiger partial charge in [0.25, 0.3) is 5.91 Å². The Morgan fingerprint density at radius 2 is 1.88 bits per heavy atom. The molecule has 180 valence electrons. The number of piperidine rings is 1. The van der Waals surface area contributed by atoms with Crippen LogP contribution in [-0.4, -0.2) is 61.6 Å². The number of anilines is 1. The first-order valence-corrected chi connectivity index (χ1v) is 12.8. The summed E-state index contributed by atoms with van der Waals surface area (Å²) in [5.41, 5.74) is -0.0193. The average Bonchev–Trinajstić information content (AvgIpc) is 3.56. The quantitative estimate of drug-likeness (QED) is 0.644. The first kappa shape index (κ1) is 22.6. The molecule has 0 spiro atoms. The first-order valence-electron chi connectivity index (χ1n) is 11.3. The van der Waals surface area contributed by atoms with Gasteiger partial charge in [-0.25, -0.2) is 13.2 Å². The van der Waals surface area contributed by atoms with Crippen molar-refractivity contribution in [1.29, 1.82) is 0 Å². The molecular weight excluding hydrogens is 460 g/mol. The Bertz CT molecular complexity index is 1250. The van der Waals surface area contributed by atoms with Gasteiger partial charge in [0.15, 0.2) is 5.54 Å². The summed E-state index contributed by atoms with van der Waals surface area (Å²) in [5, 5.41) is 2.60. The van der Waals surface area contributed by atoms with E-state index < -0.39 is 40.0 Å². The zero-order valence-electron chi connectivity index (χ0n) is 18.8. The summed E-state index contributed by atoms with van der Waals surface area (Å²) in [7, 11) is -3.57. The Labute approximate surface area is 197 Å². The number of imide groups is 1. The molecule has 2 aromatic rings. The minimum absolute atomic E-state index is 0.228. The third kappa shape index (κ3) is 3.59. The second-order valence-corrected chi connectivity index (χ2v) is 10.9. The van der Waals surface area contributed by atoms with Crippen molar-refractivity contribution in [1.82, 2.24) is 14.5 Å². The van der Waals surface area contributed by atoms with Gasteiger partial charge in [-0.2, -0.15) is 4.31 Å². The molecule has 1 N–H and O–H groups in total. The number of hydrogen-bond acceptors (Lipinski definition) is 6. The van der Waals surface area contributed by atoms with Crippen LogP contribution in [0.5, 0.6) is 0 Å². The summed E-state index contributed by atoms with van der Waals surface area (Å²) in [6, 6.07) is 7.34. The van der Waals surface area contributed by atoms with Crippen LogP contribution >= 0.6 is 0 Å². The molecule has 1 aromatic carbocycles. The van der Waals surface area contributed by atoms with Crippen molar-refractivity contribution >= 4 is 33.6 Å². The van der Waals surface area contributed by atoms with E-state index in [1.807, 2.05) is 0 Å². The Kier molecular flexibility index (Phi) is 5.48. The molecule has 3 aliphatic heterocycles. The van der Waals surface area contributed by atoms with Crippen molar-refractivity contribution < 1.29 is 27.2 Å². The van der Waals surface area contributed by atoms with Gasteiger partial charge in [0.2, 0.25) is 15.9 Å². The van der Waals surface area contributed by atoms with Crippen molar-refractivity contribution in [2.45, 2.75) is 43.0 Å². The van der Waals surface area contributed by atoms with Gasteiger partial charge in [-0.1, -0.05) is 6.42 Å². The molecule has 4 heterocycles. The molecule has 11 heteroatoms. The summed E-state index contributed by atoms with van der Waals surface area (Å²) in [6.07, 6.45) is 4.65. The lowest BCUT2D eigenvalue weighted by Crippen LogP contribution is -2.44. The zero-order chi connectivity index (χ0) is 24.1. The van der Waals surface area contributed by atoms with Crippen LogP contribution in [0, 0.1) is 0 Å². The number of carbonyl (C=O) groups excluding carboxylic acids is 3. The summed E-state index contributed by atoms with van der Waals surface area (Å²) < 4.78 is 32.9. The van der Waals surface area contributed by atoms with Gasteiger partial charge < -0.3 is 14.6 Å². The fourth-order valence-electron chi connectivity index (χ4n) is 4.84. The van der Waals surface area contributed by atoms with Crippen LogP contribution in [0.3, 0.4) is 0 Å². The highest BCUT2D eigenvalue weighted by Gasteiger charge is 2.51. The van der Waals surface area contributed by atoms with Crippen LogP contribution in [-0.2, 0) is 31.6 Å². The van der Waals surface area contributed by atoms with E-state index in [9.17, 15) is 22.8 Å². The number of urea groups is 1. The van der Waals surface area contributed by atoms with E-state index in [4.69, 9.17) is 4.42 Å². The molecular formula is C23H26N4O6S. The molecule has 34 heavy (non-hydrogen) atoms. The highest BCUT2D eigenvalue weighted by Crippen LogP contribution is 2.33. The SMILES string of the molecule is C[C@@]1(c2ccco2)NC(=O)N(CC(=O)N2CCc3cc(S(=O)(=O)N4CCCCC4)ccc32)C1=O. The largest absolute Gasteiger partial charge is 0.466 e. The molecule has 1 atom stereocenters. The highest BCUT2D eigenvalue weighted by atomic mass is 32.2. The lowest BCUT2D eigenvalue weighted by Gasteiger charge is -2.26. The average molecular weight is 487 g/mol. The van der Waals surface area contributed by atoms with Crippen LogP contribution in [0.1, 0.15) is 37.5 Å². The van der Waals surface area contributed by atoms with E-state index in [0.717, 1.165) is 29.7 Å². The predicted molar refractivity (Wildman–Crippen MR) is 121 cm³/mol. The topological polar surface area (TPSA) is 120 Å². The normalized spacial score (nSPS) is 23.3. The van der Waals surface area contributed by atoms with Crippen LogP contribution in [0.2, 0.25) is 0 Å². The minimum atomic E-state index is -3.57. The molecule has 10 nitrogen and oxygen atoms in total. The van der Waals surface area contributed by atoms with Crippen molar-refractivity contribution in [3.05, 3.63) is 47.9 Å². The Morgan fingerprint density at radius 3 is 2.59 bits per heavy atom. The molecule has 2 fully saturated rings. The summed E-state index contributed by atoms with van der Waals surface area (Å²) >= 11 is 0. The maximum Gasteiger partial charge on any atom is 0.325 e. The number of nitrogens with zero attached hydrogens (tertiary/aromatic N) is 3. The number of carbonyl (C=O) groups is 3. The Balaban J connectivity index is 1.33. The summed E-state index contributed by atoms with van der Waals surface area (Å²) in [5.74, 6) is -0.699. The smallest absolute Gasteiger partial charge is 0.325 e. The van der Waals surface area contributed by atoms with E-state index in [1.54, 1.807) is 24.3 Å². The summed E-state index contributed by atoms with van der Waals surface area (Å²) in [4.78, 5) is 41.2. The number of nitrogens with one attached hydrogen (secondary N) is 1. The third-order valence-electron chi connectivity index (χ3n) is 6.78. The van der Waals surface area contributed by atoms with Gasteiger partial charge in [-0.05, 0) is 62.1 Å². The number of fused-ring (bicyclic) bond motifs is 1. The van der Waals surface area contributed by atoms with Gasteiger partial charge in [0, 0.05) is 25.3 Å². The zero-order valence-corrected chi connectivity index (χ0v) is 19.6. The lowest BCUT2D eigenvalue weighted by atomic mass is 9.99. The van der Waals surface area contributed by atoms with Crippen molar-refractivity contribution in [2.75, 3.05) is 31.1 Å². The van der Waals surface area contributed by atoms with Crippen molar-refractivity contribution in [2.24, 2.45) is 0 Å². The number of furan rings is 1. The predicted octanol–water partition coefficient (Wildman–Crippen LogP) is 1.81. The van der Waals surface area contributed by atoms with E-state index in [-0.39, 0.29) is 10.7 Å². The fraction of sp³-hybridized carbons (Fsp3) is 0.435. The second-order valence-electron chi connectivity index (χ2n) is 8.97. The molecule has 0 aliphatic carbocycles. The second kappa shape index (κ2) is 8.24. The molecule has 0 bridgehead atoms. The van der Waals surface area contributed by atoms with Crippen molar-refractivity contribution in [3.8, 4) is 0 Å². The number of rotatable bonds is 5. The number of hydrogen-bond donors (Lipinski definition) is 1. The molecule has 3 aliphatic rings. The van der Waals surface area contributed by atoms with Crippen LogP contribution in [0.25, 0.3) is 0 Å². The Hall–Kier alpha value is -3.18. The van der Waals surface area contributed by atoms with Gasteiger partial charge in [0.05, 0.1) is 11.2 Å². The van der Waals surface area contributed by atoms with Crippen molar-refractivity contribution in [3.63, 3.8) is 0 Å². The van der Waals surface area contributed by atoms with Gasteiger partial charge in [-0.15, -0.1) is 0 Å². The van der Waals surface area contributed by atoms with E-state index >= 15 is 0 Å². The summed E-state index contributed by atoms with van der Waals surface area (Å²) in [6.45, 7) is 2.50. The van der Waals surface area contributed by atoms with Crippen LogP contribution < -0.4 is 10.2 Å².